The lowest BCUT2D eigenvalue weighted by Crippen LogP contribution is -2.32. The molecule has 3 rings (SSSR count). The predicted molar refractivity (Wildman–Crippen MR) is 92.2 cm³/mol. The molecular formula is C18H17N3O5. The molecule has 0 fully saturated rings. The zero-order valence-corrected chi connectivity index (χ0v) is 14.0. The zero-order chi connectivity index (χ0) is 18.5. The monoisotopic (exact) mass is 355 g/mol. The smallest absolute Gasteiger partial charge is 0.326 e. The highest BCUT2D eigenvalue weighted by Crippen LogP contribution is 2.11. The Balaban J connectivity index is 1.55. The molecule has 8 heteroatoms. The van der Waals surface area contributed by atoms with Gasteiger partial charge in [0.2, 0.25) is 0 Å². The van der Waals surface area contributed by atoms with E-state index in [-0.39, 0.29) is 18.1 Å². The van der Waals surface area contributed by atoms with Crippen LogP contribution in [0.25, 0.3) is 10.9 Å². The first kappa shape index (κ1) is 17.4. The zero-order valence-electron chi connectivity index (χ0n) is 14.0. The van der Waals surface area contributed by atoms with Gasteiger partial charge >= 0.3 is 5.97 Å². The van der Waals surface area contributed by atoms with Gasteiger partial charge in [0.05, 0.1) is 29.5 Å². The Morgan fingerprint density at radius 2 is 2.08 bits per heavy atom. The number of carbonyl (C=O) groups is 2. The van der Waals surface area contributed by atoms with E-state index in [9.17, 15) is 14.4 Å². The molecule has 0 saturated heterocycles. The van der Waals surface area contributed by atoms with Gasteiger partial charge < -0.3 is 14.5 Å². The van der Waals surface area contributed by atoms with Gasteiger partial charge in [0.15, 0.2) is 6.61 Å². The van der Waals surface area contributed by atoms with Crippen molar-refractivity contribution in [2.24, 2.45) is 0 Å². The normalized spacial score (nSPS) is 11.9. The molecule has 2 aromatic heterocycles. The van der Waals surface area contributed by atoms with Crippen molar-refractivity contribution < 1.29 is 18.7 Å². The van der Waals surface area contributed by atoms with Gasteiger partial charge in [-0.05, 0) is 31.2 Å². The maximum Gasteiger partial charge on any atom is 0.326 e. The van der Waals surface area contributed by atoms with Crippen molar-refractivity contribution in [3.8, 4) is 0 Å². The Labute approximate surface area is 148 Å². The van der Waals surface area contributed by atoms with Crippen LogP contribution in [-0.4, -0.2) is 28.0 Å². The van der Waals surface area contributed by atoms with Crippen molar-refractivity contribution in [1.29, 1.82) is 0 Å². The van der Waals surface area contributed by atoms with E-state index in [1.165, 1.54) is 12.6 Å². The number of ether oxygens (including phenoxy) is 1. The summed E-state index contributed by atoms with van der Waals surface area (Å²) in [5, 5.41) is 3.06. The second-order valence-corrected chi connectivity index (χ2v) is 5.66. The van der Waals surface area contributed by atoms with Crippen molar-refractivity contribution in [3.63, 3.8) is 0 Å². The van der Waals surface area contributed by atoms with Crippen molar-refractivity contribution >= 4 is 22.8 Å². The van der Waals surface area contributed by atoms with Crippen LogP contribution in [0.5, 0.6) is 0 Å². The van der Waals surface area contributed by atoms with Crippen LogP contribution in [0.2, 0.25) is 0 Å². The lowest BCUT2D eigenvalue weighted by molar-refractivity contribution is -0.149. The molecule has 0 bridgehead atoms. The largest absolute Gasteiger partial charge is 0.467 e. The van der Waals surface area contributed by atoms with E-state index in [1.807, 2.05) is 0 Å². The number of amides is 1. The standard InChI is InChI=1S/C18H17N3O5/c1-12(15-7-4-8-25-15)20-16(22)10-26-17(23)9-21-11-19-14-6-3-2-5-13(14)18(21)24/h2-8,11-12H,9-10H2,1H3,(H,20,22)/t12-/m0/s1. The minimum atomic E-state index is -0.704. The quantitative estimate of drug-likeness (QED) is 0.671. The molecule has 0 unspecified atom stereocenters. The number of hydrogen-bond acceptors (Lipinski definition) is 6. The molecule has 3 aromatic rings. The number of nitrogens with one attached hydrogen (secondary N) is 1. The third kappa shape index (κ3) is 3.97. The van der Waals surface area contributed by atoms with Crippen LogP contribution in [-0.2, 0) is 20.9 Å². The number of fused-ring (bicyclic) bond motifs is 1. The number of esters is 1. The van der Waals surface area contributed by atoms with E-state index >= 15 is 0 Å². The predicted octanol–water partition coefficient (Wildman–Crippen LogP) is 1.41. The number of carbonyl (C=O) groups excluding carboxylic acids is 2. The van der Waals surface area contributed by atoms with E-state index in [2.05, 4.69) is 10.3 Å². The van der Waals surface area contributed by atoms with Gasteiger partial charge in [0.25, 0.3) is 11.5 Å². The number of nitrogens with zero attached hydrogens (tertiary/aromatic N) is 2. The van der Waals surface area contributed by atoms with Crippen molar-refractivity contribution in [2.75, 3.05) is 6.61 Å². The number of aromatic nitrogens is 2. The second kappa shape index (κ2) is 7.64. The molecule has 0 aliphatic heterocycles. The molecule has 1 N–H and O–H groups in total. The topological polar surface area (TPSA) is 103 Å². The molecule has 1 amide bonds. The van der Waals surface area contributed by atoms with Crippen LogP contribution in [0.15, 0.2) is 58.2 Å². The summed E-state index contributed by atoms with van der Waals surface area (Å²) in [6.45, 7) is 0.982. The van der Waals surface area contributed by atoms with Crippen molar-refractivity contribution in [2.45, 2.75) is 19.5 Å². The maximum absolute atomic E-state index is 12.3. The lowest BCUT2D eigenvalue weighted by Gasteiger charge is -2.12. The van der Waals surface area contributed by atoms with Gasteiger partial charge in [0, 0.05) is 0 Å². The van der Waals surface area contributed by atoms with Crippen LogP contribution in [0.3, 0.4) is 0 Å². The Bertz CT molecular complexity index is 978. The average molecular weight is 355 g/mol. The first-order valence-corrected chi connectivity index (χ1v) is 7.97. The van der Waals surface area contributed by atoms with E-state index in [4.69, 9.17) is 9.15 Å². The fourth-order valence-electron chi connectivity index (χ4n) is 2.44. The molecule has 1 aromatic carbocycles. The van der Waals surface area contributed by atoms with Crippen LogP contribution < -0.4 is 10.9 Å². The summed E-state index contributed by atoms with van der Waals surface area (Å²) in [4.78, 5) is 40.2. The van der Waals surface area contributed by atoms with Crippen LogP contribution in [0.4, 0.5) is 0 Å². The third-order valence-corrected chi connectivity index (χ3v) is 3.74. The highest BCUT2D eigenvalue weighted by molar-refractivity contribution is 5.81. The fraction of sp³-hybridized carbons (Fsp3) is 0.222. The second-order valence-electron chi connectivity index (χ2n) is 5.66. The van der Waals surface area contributed by atoms with E-state index in [0.717, 1.165) is 4.57 Å². The van der Waals surface area contributed by atoms with Crippen molar-refractivity contribution in [1.82, 2.24) is 14.9 Å². The van der Waals surface area contributed by atoms with Crippen molar-refractivity contribution in [3.05, 3.63) is 65.1 Å². The number of rotatable bonds is 6. The molecule has 2 heterocycles. The lowest BCUT2D eigenvalue weighted by atomic mass is 10.2. The van der Waals surface area contributed by atoms with E-state index in [0.29, 0.717) is 16.7 Å². The van der Waals surface area contributed by atoms with Crippen LogP contribution >= 0.6 is 0 Å². The highest BCUT2D eigenvalue weighted by Gasteiger charge is 2.14. The number of para-hydroxylation sites is 1. The third-order valence-electron chi connectivity index (χ3n) is 3.74. The Hall–Kier alpha value is -3.42. The highest BCUT2D eigenvalue weighted by atomic mass is 16.5. The molecular weight excluding hydrogens is 338 g/mol. The molecule has 8 nitrogen and oxygen atoms in total. The Morgan fingerprint density at radius 1 is 1.27 bits per heavy atom. The molecule has 26 heavy (non-hydrogen) atoms. The minimum absolute atomic E-state index is 0.322. The summed E-state index contributed by atoms with van der Waals surface area (Å²) < 4.78 is 11.3. The van der Waals surface area contributed by atoms with Gasteiger partial charge in [-0.3, -0.25) is 19.0 Å². The van der Waals surface area contributed by atoms with Gasteiger partial charge in [0.1, 0.15) is 12.3 Å². The number of hydrogen-bond donors (Lipinski definition) is 1. The molecule has 0 aliphatic rings. The molecule has 0 spiro atoms. The number of furan rings is 1. The summed E-state index contributed by atoms with van der Waals surface area (Å²) in [6.07, 6.45) is 2.79. The summed E-state index contributed by atoms with van der Waals surface area (Å²) in [5.41, 5.74) is 0.205. The molecule has 0 aliphatic carbocycles. The molecule has 0 radical (unpaired) electrons. The van der Waals surface area contributed by atoms with Gasteiger partial charge in [-0.25, -0.2) is 4.98 Å². The summed E-state index contributed by atoms with van der Waals surface area (Å²) in [5.74, 6) is -0.574. The fourth-order valence-corrected chi connectivity index (χ4v) is 2.44. The van der Waals surface area contributed by atoms with Gasteiger partial charge in [-0.1, -0.05) is 12.1 Å². The first-order chi connectivity index (χ1) is 12.5. The van der Waals surface area contributed by atoms with Crippen LogP contribution in [0, 0.1) is 0 Å². The molecule has 0 saturated carbocycles. The molecule has 134 valence electrons. The van der Waals surface area contributed by atoms with Gasteiger partial charge in [-0.2, -0.15) is 0 Å². The summed E-state index contributed by atoms with van der Waals surface area (Å²) in [6, 6.07) is 9.95. The Kier molecular flexibility index (Phi) is 5.12. The molecule has 1 atom stereocenters. The van der Waals surface area contributed by atoms with Gasteiger partial charge in [-0.15, -0.1) is 0 Å². The van der Waals surface area contributed by atoms with E-state index < -0.39 is 18.5 Å². The minimum Gasteiger partial charge on any atom is -0.467 e. The maximum atomic E-state index is 12.3. The summed E-state index contributed by atoms with van der Waals surface area (Å²) in [7, 11) is 0. The Morgan fingerprint density at radius 3 is 2.85 bits per heavy atom. The number of benzene rings is 1. The summed E-state index contributed by atoms with van der Waals surface area (Å²) >= 11 is 0. The van der Waals surface area contributed by atoms with Crippen LogP contribution in [0.1, 0.15) is 18.7 Å². The van der Waals surface area contributed by atoms with E-state index in [1.54, 1.807) is 43.3 Å². The average Bonchev–Trinajstić information content (AvgIpc) is 3.17. The first-order valence-electron chi connectivity index (χ1n) is 7.97. The SMILES string of the molecule is C[C@H](NC(=O)COC(=O)Cn1cnc2ccccc2c1=O)c1ccco1.